The minimum Gasteiger partial charge on any atom is -0.405 e. The first kappa shape index (κ1) is 6.60. The molecule has 0 aliphatic heterocycles. The van der Waals surface area contributed by atoms with Gasteiger partial charge in [0.1, 0.15) is 0 Å². The Morgan fingerprint density at radius 2 is 2.45 bits per heavy atom. The third-order valence-corrected chi connectivity index (χ3v) is 1.92. The fraction of sp³-hybridized carbons (Fsp3) is 0. The fourth-order valence-electron chi connectivity index (χ4n) is 0.830. The first-order valence-electron chi connectivity index (χ1n) is 2.92. The van der Waals surface area contributed by atoms with E-state index in [2.05, 4.69) is 21.1 Å². The third kappa shape index (κ3) is 0.883. The van der Waals surface area contributed by atoms with Crippen LogP contribution in [0.5, 0.6) is 0 Å². The Morgan fingerprint density at radius 1 is 1.64 bits per heavy atom. The van der Waals surface area contributed by atoms with E-state index >= 15 is 0 Å². The van der Waals surface area contributed by atoms with Gasteiger partial charge in [0.05, 0.1) is 16.1 Å². The number of halogens is 1. The Kier molecular flexibility index (Phi) is 1.32. The van der Waals surface area contributed by atoms with Gasteiger partial charge in [0.15, 0.2) is 11.2 Å². The molecule has 0 aromatic carbocycles. The van der Waals surface area contributed by atoms with E-state index in [-0.39, 0.29) is 0 Å². The van der Waals surface area contributed by atoms with Crippen molar-refractivity contribution in [1.29, 1.82) is 0 Å². The van der Waals surface area contributed by atoms with E-state index in [9.17, 15) is 4.79 Å². The quantitative estimate of drug-likeness (QED) is 0.662. The second-order valence-electron chi connectivity index (χ2n) is 1.97. The van der Waals surface area contributed by atoms with Crippen molar-refractivity contribution in [3.05, 3.63) is 28.9 Å². The average Bonchev–Trinajstić information content (AvgIpc) is 2.30. The van der Waals surface area contributed by atoms with E-state index in [0.717, 1.165) is 0 Å². The number of aromatic nitrogens is 2. The van der Waals surface area contributed by atoms with Crippen molar-refractivity contribution in [2.24, 2.45) is 0 Å². The smallest absolute Gasteiger partial charge is 0.405 e. The van der Waals surface area contributed by atoms with E-state index < -0.39 is 5.76 Å². The van der Waals surface area contributed by atoms with Crippen LogP contribution in [-0.2, 0) is 0 Å². The molecule has 2 rings (SSSR count). The van der Waals surface area contributed by atoms with Gasteiger partial charge in [-0.25, -0.2) is 9.78 Å². The first-order chi connectivity index (χ1) is 5.29. The van der Waals surface area contributed by atoms with Crippen molar-refractivity contribution in [2.45, 2.75) is 0 Å². The summed E-state index contributed by atoms with van der Waals surface area (Å²) in [5, 5.41) is 0. The van der Waals surface area contributed by atoms with Crippen LogP contribution in [0.2, 0.25) is 0 Å². The van der Waals surface area contributed by atoms with Gasteiger partial charge in [0.25, 0.3) is 0 Å². The SMILES string of the molecule is O=c1oc2cccnc2n1Br. The highest BCUT2D eigenvalue weighted by atomic mass is 79.9. The van der Waals surface area contributed by atoms with Crippen LogP contribution in [0.15, 0.2) is 27.5 Å². The number of oxazole rings is 1. The lowest BCUT2D eigenvalue weighted by Gasteiger charge is -1.83. The maximum absolute atomic E-state index is 10.8. The highest BCUT2D eigenvalue weighted by molar-refractivity contribution is 9.08. The lowest BCUT2D eigenvalue weighted by Crippen LogP contribution is -2.02. The molecule has 0 amide bonds. The monoisotopic (exact) mass is 214 g/mol. The molecule has 0 spiro atoms. The van der Waals surface area contributed by atoms with Gasteiger partial charge in [-0.2, -0.15) is 3.59 Å². The minimum absolute atomic E-state index is 0.460. The zero-order chi connectivity index (χ0) is 7.84. The summed E-state index contributed by atoms with van der Waals surface area (Å²) in [7, 11) is 0. The van der Waals surface area contributed by atoms with Crippen LogP contribution in [-0.4, -0.2) is 8.58 Å². The molecular weight excluding hydrogens is 212 g/mol. The van der Waals surface area contributed by atoms with Crippen LogP contribution < -0.4 is 5.76 Å². The number of fused-ring (bicyclic) bond motifs is 1. The normalized spacial score (nSPS) is 10.6. The van der Waals surface area contributed by atoms with Gasteiger partial charge in [0.2, 0.25) is 0 Å². The van der Waals surface area contributed by atoms with Crippen LogP contribution in [0.4, 0.5) is 0 Å². The average molecular weight is 215 g/mol. The Bertz CT molecular complexity index is 445. The largest absolute Gasteiger partial charge is 0.431 e. The fourth-order valence-corrected chi connectivity index (χ4v) is 1.17. The molecule has 0 fully saturated rings. The Hall–Kier alpha value is -1.10. The molecule has 0 atom stereocenters. The first-order valence-corrected chi connectivity index (χ1v) is 3.63. The maximum atomic E-state index is 10.8. The van der Waals surface area contributed by atoms with E-state index in [1.165, 1.54) is 3.59 Å². The van der Waals surface area contributed by atoms with Crippen molar-refractivity contribution in [3.63, 3.8) is 0 Å². The molecular formula is C6H3BrN2O2. The Balaban J connectivity index is 3.04. The summed E-state index contributed by atoms with van der Waals surface area (Å²) in [6, 6.07) is 3.39. The molecule has 0 saturated carbocycles. The van der Waals surface area contributed by atoms with Crippen molar-refractivity contribution >= 4 is 27.4 Å². The van der Waals surface area contributed by atoms with Crippen LogP contribution in [0.1, 0.15) is 0 Å². The van der Waals surface area contributed by atoms with E-state index in [1.54, 1.807) is 18.3 Å². The molecule has 0 aliphatic carbocycles. The van der Waals surface area contributed by atoms with Gasteiger partial charge in [-0.15, -0.1) is 0 Å². The highest BCUT2D eigenvalue weighted by Crippen LogP contribution is 2.09. The second kappa shape index (κ2) is 2.20. The van der Waals surface area contributed by atoms with E-state index in [1.807, 2.05) is 0 Å². The summed E-state index contributed by atoms with van der Waals surface area (Å²) in [4.78, 5) is 14.8. The molecule has 0 aliphatic rings. The Morgan fingerprint density at radius 3 is 3.18 bits per heavy atom. The molecule has 2 aromatic heterocycles. The standard InChI is InChI=1S/C6H3BrN2O2/c7-9-5-4(11-6(9)10)2-1-3-8-5/h1-3H. The summed E-state index contributed by atoms with van der Waals surface area (Å²) < 4.78 is 5.98. The molecule has 0 N–H and O–H groups in total. The van der Waals surface area contributed by atoms with Crippen molar-refractivity contribution < 1.29 is 4.42 Å². The number of nitrogens with zero attached hydrogens (tertiary/aromatic N) is 2. The molecule has 0 saturated heterocycles. The zero-order valence-corrected chi connectivity index (χ0v) is 6.91. The van der Waals surface area contributed by atoms with Gasteiger partial charge in [-0.3, -0.25) is 0 Å². The van der Waals surface area contributed by atoms with Crippen molar-refractivity contribution in [1.82, 2.24) is 8.58 Å². The van der Waals surface area contributed by atoms with Crippen molar-refractivity contribution in [3.8, 4) is 0 Å². The van der Waals surface area contributed by atoms with Crippen LogP contribution in [0.25, 0.3) is 11.2 Å². The third-order valence-electron chi connectivity index (χ3n) is 1.29. The Labute approximate surface area is 69.8 Å². The van der Waals surface area contributed by atoms with Crippen LogP contribution in [0, 0.1) is 0 Å². The molecule has 0 bridgehead atoms. The maximum Gasteiger partial charge on any atom is 0.431 e. The van der Waals surface area contributed by atoms with Gasteiger partial charge in [-0.1, -0.05) is 0 Å². The summed E-state index contributed by atoms with van der Waals surface area (Å²) >= 11 is 3.00. The van der Waals surface area contributed by atoms with Crippen LogP contribution >= 0.6 is 16.1 Å². The van der Waals surface area contributed by atoms with Gasteiger partial charge >= 0.3 is 5.76 Å². The van der Waals surface area contributed by atoms with E-state index in [4.69, 9.17) is 4.42 Å². The van der Waals surface area contributed by atoms with Gasteiger partial charge in [-0.05, 0) is 12.1 Å². The number of hydrogen-bond donors (Lipinski definition) is 0. The molecule has 11 heavy (non-hydrogen) atoms. The second-order valence-corrected chi connectivity index (χ2v) is 2.68. The highest BCUT2D eigenvalue weighted by Gasteiger charge is 2.05. The summed E-state index contributed by atoms with van der Waals surface area (Å²) in [6.07, 6.45) is 1.59. The molecule has 56 valence electrons. The lowest BCUT2D eigenvalue weighted by atomic mass is 10.5. The molecule has 2 heterocycles. The topological polar surface area (TPSA) is 48.0 Å². The molecule has 5 heteroatoms. The van der Waals surface area contributed by atoms with E-state index in [0.29, 0.717) is 11.2 Å². The summed E-state index contributed by atoms with van der Waals surface area (Å²) in [5.41, 5.74) is 0.979. The predicted molar refractivity (Wildman–Crippen MR) is 42.6 cm³/mol. The van der Waals surface area contributed by atoms with Crippen molar-refractivity contribution in [2.75, 3.05) is 0 Å². The lowest BCUT2D eigenvalue weighted by molar-refractivity contribution is 0.551. The molecule has 2 aromatic rings. The van der Waals surface area contributed by atoms with Gasteiger partial charge < -0.3 is 4.42 Å². The van der Waals surface area contributed by atoms with Crippen LogP contribution in [0.3, 0.4) is 0 Å². The zero-order valence-electron chi connectivity index (χ0n) is 5.32. The number of pyridine rings is 1. The molecule has 0 unspecified atom stereocenters. The molecule has 4 nitrogen and oxygen atoms in total. The summed E-state index contributed by atoms with van der Waals surface area (Å²) in [6.45, 7) is 0. The number of rotatable bonds is 0. The minimum atomic E-state index is -0.460. The number of hydrogen-bond acceptors (Lipinski definition) is 3. The molecule has 0 radical (unpaired) electrons. The summed E-state index contributed by atoms with van der Waals surface area (Å²) in [5.74, 6) is -0.460. The van der Waals surface area contributed by atoms with Gasteiger partial charge in [0, 0.05) is 6.20 Å². The predicted octanol–water partition coefficient (Wildman–Crippen LogP) is 1.15.